The molecule has 4 rings (SSSR count). The molecule has 5 N–H and O–H groups in total. The number of likely N-dealkylation sites (N-methyl/N-ethyl adjacent to an activating group) is 1. The van der Waals surface area contributed by atoms with E-state index in [4.69, 9.17) is 22.1 Å². The van der Waals surface area contributed by atoms with E-state index >= 15 is 0 Å². The molecule has 2 aromatic carbocycles. The molecule has 1 atom stereocenters. The highest BCUT2D eigenvalue weighted by molar-refractivity contribution is 6.33. The van der Waals surface area contributed by atoms with Crippen molar-refractivity contribution in [2.24, 2.45) is 5.73 Å². The molecule has 2 amide bonds. The molecule has 0 bridgehead atoms. The number of aromatic nitrogens is 2. The van der Waals surface area contributed by atoms with Gasteiger partial charge in [0, 0.05) is 25.2 Å². The topological polar surface area (TPSA) is 138 Å². The fourth-order valence-electron chi connectivity index (χ4n) is 4.33. The molecule has 1 aromatic heterocycles. The second-order valence-corrected chi connectivity index (χ2v) is 9.57. The summed E-state index contributed by atoms with van der Waals surface area (Å²) in [5, 5.41) is 9.34. The maximum atomic E-state index is 12.3. The van der Waals surface area contributed by atoms with Gasteiger partial charge in [0.1, 0.15) is 10.8 Å². The summed E-state index contributed by atoms with van der Waals surface area (Å²) in [6.45, 7) is 5.21. The minimum absolute atomic E-state index is 0.208. The van der Waals surface area contributed by atoms with Crippen molar-refractivity contribution in [2.45, 2.75) is 12.5 Å². The monoisotopic (exact) mass is 550 g/mol. The third kappa shape index (κ3) is 6.39. The predicted molar refractivity (Wildman–Crippen MR) is 155 cm³/mol. The Morgan fingerprint density at radius 3 is 2.64 bits per heavy atom. The summed E-state index contributed by atoms with van der Waals surface area (Å²) < 4.78 is 5.69. The number of hydrogen-bond acceptors (Lipinski definition) is 9. The molecule has 1 aliphatic rings. The molecule has 0 aliphatic carbocycles. The van der Waals surface area contributed by atoms with E-state index in [-0.39, 0.29) is 22.7 Å². The summed E-state index contributed by atoms with van der Waals surface area (Å²) in [6.07, 6.45) is 3.65. The van der Waals surface area contributed by atoms with Crippen LogP contribution in [0, 0.1) is 0 Å². The number of amides is 2. The Kier molecular flexibility index (Phi) is 8.52. The molecule has 3 aromatic rings. The van der Waals surface area contributed by atoms with Gasteiger partial charge < -0.3 is 36.2 Å². The average Bonchev–Trinajstić information content (AvgIpc) is 3.41. The summed E-state index contributed by atoms with van der Waals surface area (Å²) in [4.78, 5) is 37.3. The zero-order chi connectivity index (χ0) is 28.1. The lowest BCUT2D eigenvalue weighted by molar-refractivity contribution is -0.111. The highest BCUT2D eigenvalue weighted by Crippen LogP contribution is 2.40. The Balaban J connectivity index is 1.67. The molecular formula is C27H31ClN8O3. The number of nitrogens with two attached hydrogens (primary N) is 1. The quantitative estimate of drug-likeness (QED) is 0.276. The van der Waals surface area contributed by atoms with Gasteiger partial charge in [0.05, 0.1) is 41.6 Å². The fraction of sp³-hybridized carbons (Fsp3) is 0.259. The van der Waals surface area contributed by atoms with Crippen LogP contribution in [0.25, 0.3) is 0 Å². The van der Waals surface area contributed by atoms with Gasteiger partial charge in [0.15, 0.2) is 5.82 Å². The van der Waals surface area contributed by atoms with Crippen LogP contribution in [0.15, 0.2) is 55.3 Å². The van der Waals surface area contributed by atoms with Crippen molar-refractivity contribution < 1.29 is 14.3 Å². The number of carbonyl (C=O) groups is 2. The second kappa shape index (κ2) is 12.0. The van der Waals surface area contributed by atoms with Gasteiger partial charge in [-0.3, -0.25) is 9.59 Å². The Bertz CT molecular complexity index is 1400. The molecule has 12 heteroatoms. The van der Waals surface area contributed by atoms with Crippen LogP contribution in [-0.4, -0.2) is 67.0 Å². The highest BCUT2D eigenvalue weighted by Gasteiger charge is 2.27. The zero-order valence-corrected chi connectivity index (χ0v) is 22.7. The smallest absolute Gasteiger partial charge is 0.250 e. The van der Waals surface area contributed by atoms with Gasteiger partial charge in [-0.2, -0.15) is 4.98 Å². The van der Waals surface area contributed by atoms with Gasteiger partial charge in [-0.15, -0.1) is 0 Å². The minimum Gasteiger partial charge on any atom is -0.494 e. The van der Waals surface area contributed by atoms with Gasteiger partial charge in [0.2, 0.25) is 11.9 Å². The van der Waals surface area contributed by atoms with Crippen LogP contribution in [-0.2, 0) is 4.79 Å². The fourth-order valence-corrected chi connectivity index (χ4v) is 4.47. The lowest BCUT2D eigenvalue weighted by Gasteiger charge is -2.25. The predicted octanol–water partition coefficient (Wildman–Crippen LogP) is 3.99. The van der Waals surface area contributed by atoms with Gasteiger partial charge in [0.25, 0.3) is 5.91 Å². The Hall–Kier alpha value is -4.35. The third-order valence-corrected chi connectivity index (χ3v) is 6.71. The van der Waals surface area contributed by atoms with Gasteiger partial charge in [-0.25, -0.2) is 4.98 Å². The van der Waals surface area contributed by atoms with Crippen molar-refractivity contribution in [3.05, 3.63) is 65.8 Å². The normalized spacial score (nSPS) is 14.7. The zero-order valence-electron chi connectivity index (χ0n) is 22.0. The first-order valence-electron chi connectivity index (χ1n) is 12.2. The van der Waals surface area contributed by atoms with Crippen LogP contribution in [0.4, 0.5) is 34.5 Å². The maximum Gasteiger partial charge on any atom is 0.250 e. The molecule has 2 heterocycles. The second-order valence-electron chi connectivity index (χ2n) is 9.17. The number of carbonyl (C=O) groups excluding carboxylic acids is 2. The van der Waals surface area contributed by atoms with Crippen LogP contribution in [0.2, 0.25) is 5.02 Å². The Morgan fingerprint density at radius 2 is 1.97 bits per heavy atom. The first-order valence-corrected chi connectivity index (χ1v) is 12.6. The Morgan fingerprint density at radius 1 is 1.21 bits per heavy atom. The number of nitrogens with one attached hydrogen (secondary N) is 3. The van der Waals surface area contributed by atoms with Crippen molar-refractivity contribution in [3.63, 3.8) is 0 Å². The van der Waals surface area contributed by atoms with Crippen LogP contribution < -0.4 is 31.3 Å². The van der Waals surface area contributed by atoms with Gasteiger partial charge in [-0.1, -0.05) is 30.3 Å². The van der Waals surface area contributed by atoms with Crippen LogP contribution in [0.3, 0.4) is 0 Å². The lowest BCUT2D eigenvalue weighted by Crippen LogP contribution is -2.31. The molecule has 204 valence electrons. The number of nitrogens with zero attached hydrogens (tertiary/aromatic N) is 4. The summed E-state index contributed by atoms with van der Waals surface area (Å²) in [5.41, 5.74) is 8.18. The summed E-state index contributed by atoms with van der Waals surface area (Å²) in [5.74, 6) is 0.0837. The van der Waals surface area contributed by atoms with E-state index in [0.29, 0.717) is 34.4 Å². The lowest BCUT2D eigenvalue weighted by atomic mass is 10.1. The number of primary amides is 1. The number of rotatable bonds is 10. The molecule has 1 aliphatic heterocycles. The molecule has 11 nitrogen and oxygen atoms in total. The number of anilines is 6. The highest BCUT2D eigenvalue weighted by atomic mass is 35.5. The standard InChI is InChI=1S/C27H31ClN8O3/c1-5-24(37)31-20-12-21(23(39-4)13-22(20)36-11-10-16(15-36)35(2)3)33-27-30-14-18(28)26(34-27)32-19-9-7-6-8-17(19)25(29)38/h5-9,12-14,16H,1,10-11,15H2,2-4H3,(H2,29,38)(H,31,37)(H2,30,32,33,34). The van der Waals surface area contributed by atoms with Crippen molar-refractivity contribution >= 4 is 57.9 Å². The molecule has 0 spiro atoms. The molecule has 1 unspecified atom stereocenters. The van der Waals surface area contributed by atoms with Crippen LogP contribution >= 0.6 is 11.6 Å². The van der Waals surface area contributed by atoms with Crippen LogP contribution in [0.5, 0.6) is 5.75 Å². The summed E-state index contributed by atoms with van der Waals surface area (Å²) >= 11 is 6.34. The molecule has 0 radical (unpaired) electrons. The van der Waals surface area contributed by atoms with Crippen molar-refractivity contribution in [2.75, 3.05) is 55.1 Å². The molecule has 1 fully saturated rings. The first-order chi connectivity index (χ1) is 18.7. The summed E-state index contributed by atoms with van der Waals surface area (Å²) in [7, 11) is 5.68. The first kappa shape index (κ1) is 27.7. The van der Waals surface area contributed by atoms with Gasteiger partial charge >= 0.3 is 0 Å². The number of ether oxygens (including phenoxy) is 1. The summed E-state index contributed by atoms with van der Waals surface area (Å²) in [6, 6.07) is 10.8. The molecule has 39 heavy (non-hydrogen) atoms. The number of para-hydroxylation sites is 1. The van der Waals surface area contributed by atoms with Crippen molar-refractivity contribution in [1.29, 1.82) is 0 Å². The SMILES string of the molecule is C=CC(=O)Nc1cc(Nc2ncc(Cl)c(Nc3ccccc3C(N)=O)n2)c(OC)cc1N1CCC(N(C)C)C1. The Labute approximate surface area is 232 Å². The van der Waals surface area contributed by atoms with Gasteiger partial charge in [-0.05, 0) is 44.8 Å². The van der Waals surface area contributed by atoms with E-state index in [1.165, 1.54) is 12.3 Å². The van der Waals surface area contributed by atoms with Crippen LogP contribution in [0.1, 0.15) is 16.8 Å². The third-order valence-electron chi connectivity index (χ3n) is 6.43. The minimum atomic E-state index is -0.588. The van der Waals surface area contributed by atoms with E-state index in [2.05, 4.69) is 56.4 Å². The maximum absolute atomic E-state index is 12.3. The largest absolute Gasteiger partial charge is 0.494 e. The van der Waals surface area contributed by atoms with E-state index in [1.807, 2.05) is 6.07 Å². The number of benzene rings is 2. The molecular weight excluding hydrogens is 520 g/mol. The van der Waals surface area contributed by atoms with E-state index in [0.717, 1.165) is 25.2 Å². The average molecular weight is 551 g/mol. The van der Waals surface area contributed by atoms with Crippen molar-refractivity contribution in [1.82, 2.24) is 14.9 Å². The molecule has 1 saturated heterocycles. The molecule has 0 saturated carbocycles. The number of methoxy groups -OCH3 is 1. The van der Waals surface area contributed by atoms with E-state index in [1.54, 1.807) is 37.4 Å². The van der Waals surface area contributed by atoms with Crippen molar-refractivity contribution in [3.8, 4) is 5.75 Å². The number of halogens is 1. The van der Waals surface area contributed by atoms with E-state index < -0.39 is 5.91 Å². The number of hydrogen-bond donors (Lipinski definition) is 4. The van der Waals surface area contributed by atoms with E-state index in [9.17, 15) is 9.59 Å².